The third-order valence-electron chi connectivity index (χ3n) is 4.71. The molecule has 0 bridgehead atoms. The number of hydrogen-bond acceptors (Lipinski definition) is 6. The summed E-state index contributed by atoms with van der Waals surface area (Å²) in [6.07, 6.45) is 3.46. The third kappa shape index (κ3) is 4.49. The Morgan fingerprint density at radius 1 is 1.22 bits per heavy atom. The van der Waals surface area contributed by atoms with Crippen LogP contribution in [0.25, 0.3) is 0 Å². The molecule has 1 saturated heterocycles. The number of hydrogen-bond donors (Lipinski definition) is 1. The number of sulfonamides is 1. The van der Waals surface area contributed by atoms with Crippen molar-refractivity contribution in [2.75, 3.05) is 46.5 Å². The molecule has 0 unspecified atom stereocenters. The van der Waals surface area contributed by atoms with Gasteiger partial charge in [0.25, 0.3) is 0 Å². The summed E-state index contributed by atoms with van der Waals surface area (Å²) < 4.78 is 38.1. The number of likely N-dealkylation sites (N-methyl/N-ethyl adjacent to an activating group) is 1. The topological polar surface area (TPSA) is 87.8 Å². The van der Waals surface area contributed by atoms with Crippen molar-refractivity contribution >= 4 is 10.0 Å². The Kier molecular flexibility index (Phi) is 6.48. The fourth-order valence-corrected chi connectivity index (χ4v) is 4.65. The Balaban J connectivity index is 1.74. The maximum absolute atomic E-state index is 13.1. The first kappa shape index (κ1) is 19.8. The van der Waals surface area contributed by atoms with Gasteiger partial charge in [-0.05, 0) is 30.8 Å². The second-order valence-corrected chi connectivity index (χ2v) is 8.23. The van der Waals surface area contributed by atoms with Gasteiger partial charge in [-0.25, -0.2) is 13.4 Å². The molecule has 1 aromatic heterocycles. The molecule has 0 amide bonds. The van der Waals surface area contributed by atoms with E-state index in [4.69, 9.17) is 9.47 Å². The molecule has 1 atom stereocenters. The van der Waals surface area contributed by atoms with Crippen LogP contribution in [0.4, 0.5) is 0 Å². The molecule has 3 rings (SSSR count). The molecule has 0 saturated carbocycles. The fraction of sp³-hybridized carbons (Fsp3) is 0.500. The maximum atomic E-state index is 13.1. The minimum Gasteiger partial charge on any atom is -0.491 e. The van der Waals surface area contributed by atoms with E-state index in [-0.39, 0.29) is 10.9 Å². The lowest BCUT2D eigenvalue weighted by Crippen LogP contribution is -2.50. The average molecular weight is 394 g/mol. The van der Waals surface area contributed by atoms with Gasteiger partial charge in [-0.2, -0.15) is 4.31 Å². The van der Waals surface area contributed by atoms with Crippen LogP contribution in [-0.2, 0) is 14.8 Å². The zero-order valence-electron chi connectivity index (χ0n) is 15.7. The lowest BCUT2D eigenvalue weighted by Gasteiger charge is -2.39. The van der Waals surface area contributed by atoms with Crippen LogP contribution in [0.15, 0.2) is 41.6 Å². The summed E-state index contributed by atoms with van der Waals surface area (Å²) in [5, 5.41) is 0. The normalized spacial score (nSPS) is 19.3. The number of nitrogens with one attached hydrogen (secondary N) is 1. The quantitative estimate of drug-likeness (QED) is 0.683. The van der Waals surface area contributed by atoms with Crippen LogP contribution in [0.1, 0.15) is 18.8 Å². The molecule has 2 aromatic rings. The Morgan fingerprint density at radius 3 is 2.63 bits per heavy atom. The van der Waals surface area contributed by atoms with Crippen LogP contribution in [0, 0.1) is 0 Å². The van der Waals surface area contributed by atoms with E-state index in [1.807, 2.05) is 0 Å². The van der Waals surface area contributed by atoms with Gasteiger partial charge in [-0.3, -0.25) is 4.90 Å². The molecule has 9 heteroatoms. The van der Waals surface area contributed by atoms with Crippen molar-refractivity contribution in [3.8, 4) is 5.75 Å². The standard InChI is InChI=1S/C18H26N4O4S/c1-3-21-10-11-22(14-17(21)18-19-8-9-20-18)27(23,24)16-6-4-15(5-7-16)26-13-12-25-2/h4-9,17H,3,10-14H2,1-2H3,(H,19,20)/t17-/m0/s1. The second kappa shape index (κ2) is 8.83. The van der Waals surface area contributed by atoms with E-state index in [0.29, 0.717) is 38.6 Å². The summed E-state index contributed by atoms with van der Waals surface area (Å²) >= 11 is 0. The molecule has 27 heavy (non-hydrogen) atoms. The molecule has 0 spiro atoms. The minimum atomic E-state index is -3.57. The molecule has 1 aromatic carbocycles. The summed E-state index contributed by atoms with van der Waals surface area (Å²) in [5.41, 5.74) is 0. The molecule has 1 fully saturated rings. The highest BCUT2D eigenvalue weighted by Gasteiger charge is 2.35. The van der Waals surface area contributed by atoms with Crippen molar-refractivity contribution < 1.29 is 17.9 Å². The maximum Gasteiger partial charge on any atom is 0.243 e. The van der Waals surface area contributed by atoms with E-state index in [9.17, 15) is 8.42 Å². The molecule has 1 aliphatic heterocycles. The van der Waals surface area contributed by atoms with Crippen LogP contribution in [0.3, 0.4) is 0 Å². The van der Waals surface area contributed by atoms with E-state index < -0.39 is 10.0 Å². The Labute approximate surface area is 160 Å². The number of rotatable bonds is 8. The van der Waals surface area contributed by atoms with Gasteiger partial charge in [-0.1, -0.05) is 6.92 Å². The summed E-state index contributed by atoms with van der Waals surface area (Å²) in [7, 11) is -1.97. The summed E-state index contributed by atoms with van der Waals surface area (Å²) in [6.45, 7) is 5.31. The van der Waals surface area contributed by atoms with Crippen molar-refractivity contribution in [1.82, 2.24) is 19.2 Å². The number of aromatic amines is 1. The van der Waals surface area contributed by atoms with Crippen LogP contribution in [-0.4, -0.2) is 74.1 Å². The predicted molar refractivity (Wildman–Crippen MR) is 101 cm³/mol. The van der Waals surface area contributed by atoms with E-state index in [1.54, 1.807) is 43.8 Å². The summed E-state index contributed by atoms with van der Waals surface area (Å²) in [4.78, 5) is 9.94. The average Bonchev–Trinajstić information content (AvgIpc) is 3.23. The van der Waals surface area contributed by atoms with Crippen LogP contribution in [0.5, 0.6) is 5.75 Å². The first-order valence-electron chi connectivity index (χ1n) is 9.01. The number of imidazole rings is 1. The van der Waals surface area contributed by atoms with Crippen LogP contribution < -0.4 is 4.74 Å². The van der Waals surface area contributed by atoms with Crippen molar-refractivity contribution in [3.63, 3.8) is 0 Å². The molecule has 0 aliphatic carbocycles. The zero-order valence-corrected chi connectivity index (χ0v) is 16.5. The lowest BCUT2D eigenvalue weighted by molar-refractivity contribution is 0.119. The lowest BCUT2D eigenvalue weighted by atomic mass is 10.2. The molecule has 8 nitrogen and oxygen atoms in total. The summed E-state index contributed by atoms with van der Waals surface area (Å²) in [5.74, 6) is 1.41. The first-order chi connectivity index (χ1) is 13.1. The molecular formula is C18H26N4O4S. The van der Waals surface area contributed by atoms with Crippen molar-refractivity contribution in [2.24, 2.45) is 0 Å². The van der Waals surface area contributed by atoms with Gasteiger partial charge < -0.3 is 14.5 Å². The van der Waals surface area contributed by atoms with E-state index in [1.165, 1.54) is 4.31 Å². The van der Waals surface area contributed by atoms with Crippen LogP contribution in [0.2, 0.25) is 0 Å². The van der Waals surface area contributed by atoms with Crippen molar-refractivity contribution in [1.29, 1.82) is 0 Å². The van der Waals surface area contributed by atoms with Crippen molar-refractivity contribution in [2.45, 2.75) is 17.9 Å². The van der Waals surface area contributed by atoms with Gasteiger partial charge in [0.15, 0.2) is 0 Å². The molecule has 148 valence electrons. The number of ether oxygens (including phenoxy) is 2. The highest BCUT2D eigenvalue weighted by Crippen LogP contribution is 2.27. The van der Waals surface area contributed by atoms with E-state index >= 15 is 0 Å². The number of benzene rings is 1. The summed E-state index contributed by atoms with van der Waals surface area (Å²) in [6, 6.07) is 6.45. The monoisotopic (exact) mass is 394 g/mol. The highest BCUT2D eigenvalue weighted by atomic mass is 32.2. The van der Waals surface area contributed by atoms with E-state index in [2.05, 4.69) is 21.8 Å². The van der Waals surface area contributed by atoms with Gasteiger partial charge >= 0.3 is 0 Å². The minimum absolute atomic E-state index is 0.0785. The van der Waals surface area contributed by atoms with Gasteiger partial charge in [0.05, 0.1) is 17.5 Å². The predicted octanol–water partition coefficient (Wildman–Crippen LogP) is 1.50. The molecule has 1 aliphatic rings. The largest absolute Gasteiger partial charge is 0.491 e. The highest BCUT2D eigenvalue weighted by molar-refractivity contribution is 7.89. The Morgan fingerprint density at radius 2 is 2.00 bits per heavy atom. The van der Waals surface area contributed by atoms with Gasteiger partial charge in [0.1, 0.15) is 18.2 Å². The number of aromatic nitrogens is 2. The fourth-order valence-electron chi connectivity index (χ4n) is 3.21. The second-order valence-electron chi connectivity index (χ2n) is 6.29. The molecular weight excluding hydrogens is 368 g/mol. The number of H-pyrrole nitrogens is 1. The van der Waals surface area contributed by atoms with Crippen LogP contribution >= 0.6 is 0 Å². The Bertz CT molecular complexity index is 808. The number of methoxy groups -OCH3 is 1. The number of nitrogens with zero attached hydrogens (tertiary/aromatic N) is 3. The molecule has 0 radical (unpaired) electrons. The SMILES string of the molecule is CCN1CCN(S(=O)(=O)c2ccc(OCCOC)cc2)C[C@H]1c1ncc[nH]1. The number of piperazine rings is 1. The van der Waals surface area contributed by atoms with E-state index in [0.717, 1.165) is 12.4 Å². The molecule has 1 N–H and O–H groups in total. The zero-order chi connectivity index (χ0) is 19.3. The van der Waals surface area contributed by atoms with Gasteiger partial charge in [0.2, 0.25) is 10.0 Å². The third-order valence-corrected chi connectivity index (χ3v) is 6.59. The molecule has 2 heterocycles. The van der Waals surface area contributed by atoms with Gasteiger partial charge in [-0.15, -0.1) is 0 Å². The smallest absolute Gasteiger partial charge is 0.243 e. The van der Waals surface area contributed by atoms with Gasteiger partial charge in [0, 0.05) is 39.1 Å². The Hall–Kier alpha value is -1.94. The first-order valence-corrected chi connectivity index (χ1v) is 10.5. The van der Waals surface area contributed by atoms with Crippen molar-refractivity contribution in [3.05, 3.63) is 42.5 Å².